The van der Waals surface area contributed by atoms with Crippen LogP contribution in [-0.4, -0.2) is 35.4 Å². The topological polar surface area (TPSA) is 45.2 Å². The molecule has 0 spiro atoms. The monoisotopic (exact) mass is 311 g/mol. The summed E-state index contributed by atoms with van der Waals surface area (Å²) < 4.78 is 0. The Balaban J connectivity index is 1.68. The van der Waals surface area contributed by atoms with Gasteiger partial charge in [-0.05, 0) is 57.0 Å². The number of fused-ring (bicyclic) bond motifs is 1. The molecule has 0 saturated carbocycles. The Hall–Kier alpha value is -1.94. The molecule has 0 aliphatic carbocycles. The predicted molar refractivity (Wildman–Crippen MR) is 93.2 cm³/mol. The van der Waals surface area contributed by atoms with E-state index in [1.165, 1.54) is 10.9 Å². The van der Waals surface area contributed by atoms with Gasteiger partial charge in [-0.25, -0.2) is 0 Å². The molecule has 4 nitrogen and oxygen atoms in total. The summed E-state index contributed by atoms with van der Waals surface area (Å²) >= 11 is 0. The van der Waals surface area contributed by atoms with Gasteiger partial charge in [0.15, 0.2) is 0 Å². The number of benzene rings is 1. The maximum atomic E-state index is 12.1. The molecule has 1 unspecified atom stereocenters. The van der Waals surface area contributed by atoms with Crippen molar-refractivity contribution < 1.29 is 4.79 Å². The Labute approximate surface area is 137 Å². The average Bonchev–Trinajstić information content (AvgIpc) is 2.55. The van der Waals surface area contributed by atoms with E-state index < -0.39 is 0 Å². The van der Waals surface area contributed by atoms with Gasteiger partial charge in [-0.1, -0.05) is 12.1 Å². The summed E-state index contributed by atoms with van der Waals surface area (Å²) in [5.74, 6) is 0.337. The third-order valence-corrected chi connectivity index (χ3v) is 4.53. The summed E-state index contributed by atoms with van der Waals surface area (Å²) in [6.07, 6.45) is 2.10. The van der Waals surface area contributed by atoms with Crippen molar-refractivity contribution in [3.63, 3.8) is 0 Å². The maximum absolute atomic E-state index is 12.1. The number of amides is 1. The molecule has 1 amide bonds. The van der Waals surface area contributed by atoms with E-state index in [0.717, 1.165) is 43.7 Å². The fraction of sp³-hybridized carbons (Fsp3) is 0.474. The quantitative estimate of drug-likeness (QED) is 0.944. The third kappa shape index (κ3) is 3.88. The van der Waals surface area contributed by atoms with Gasteiger partial charge in [0.25, 0.3) is 0 Å². The molecule has 1 saturated heterocycles. The molecule has 1 aromatic heterocycles. The maximum Gasteiger partial charge on any atom is 0.224 e. The minimum Gasteiger partial charge on any atom is -0.356 e. The SMILES string of the molecule is CCNC(=O)C1CCCN(Cc2ccc3nc(C)ccc3c2)C1. The summed E-state index contributed by atoms with van der Waals surface area (Å²) in [6.45, 7) is 7.54. The lowest BCUT2D eigenvalue weighted by atomic mass is 9.96. The van der Waals surface area contributed by atoms with Crippen LogP contribution >= 0.6 is 0 Å². The number of hydrogen-bond donors (Lipinski definition) is 1. The van der Waals surface area contributed by atoms with Gasteiger partial charge in [-0.2, -0.15) is 0 Å². The van der Waals surface area contributed by atoms with E-state index >= 15 is 0 Å². The van der Waals surface area contributed by atoms with E-state index in [0.29, 0.717) is 6.54 Å². The van der Waals surface area contributed by atoms with Gasteiger partial charge in [0.05, 0.1) is 11.4 Å². The van der Waals surface area contributed by atoms with Crippen molar-refractivity contribution in [3.8, 4) is 0 Å². The number of likely N-dealkylation sites (tertiary alicyclic amines) is 1. The van der Waals surface area contributed by atoms with E-state index in [9.17, 15) is 4.79 Å². The first-order valence-electron chi connectivity index (χ1n) is 8.52. The van der Waals surface area contributed by atoms with Crippen LogP contribution in [0.4, 0.5) is 0 Å². The van der Waals surface area contributed by atoms with Crippen LogP contribution in [-0.2, 0) is 11.3 Å². The van der Waals surface area contributed by atoms with E-state index in [4.69, 9.17) is 0 Å². The molecule has 3 rings (SSSR count). The molecule has 2 heterocycles. The van der Waals surface area contributed by atoms with Crippen LogP contribution in [0, 0.1) is 12.8 Å². The number of carbonyl (C=O) groups excluding carboxylic acids is 1. The molecule has 1 aliphatic rings. The number of hydrogen-bond acceptors (Lipinski definition) is 3. The van der Waals surface area contributed by atoms with Crippen LogP contribution in [0.3, 0.4) is 0 Å². The molecule has 1 aromatic carbocycles. The third-order valence-electron chi connectivity index (χ3n) is 4.53. The largest absolute Gasteiger partial charge is 0.356 e. The minimum atomic E-state index is 0.133. The minimum absolute atomic E-state index is 0.133. The normalized spacial score (nSPS) is 19.0. The van der Waals surface area contributed by atoms with Crippen molar-refractivity contribution in [3.05, 3.63) is 41.6 Å². The second-order valence-electron chi connectivity index (χ2n) is 6.45. The summed E-state index contributed by atoms with van der Waals surface area (Å²) in [6, 6.07) is 10.7. The van der Waals surface area contributed by atoms with Crippen LogP contribution in [0.2, 0.25) is 0 Å². The molecule has 0 bridgehead atoms. The first-order chi connectivity index (χ1) is 11.2. The van der Waals surface area contributed by atoms with Crippen LogP contribution in [0.1, 0.15) is 31.0 Å². The standard InChI is InChI=1S/C19H25N3O/c1-3-20-19(23)17-5-4-10-22(13-17)12-15-7-9-18-16(11-15)8-6-14(2)21-18/h6-9,11,17H,3-5,10,12-13H2,1-2H3,(H,20,23). The lowest BCUT2D eigenvalue weighted by Crippen LogP contribution is -2.42. The number of rotatable bonds is 4. The zero-order valence-electron chi connectivity index (χ0n) is 14.0. The number of carbonyl (C=O) groups is 1. The Bertz CT molecular complexity index is 698. The van der Waals surface area contributed by atoms with Crippen molar-refractivity contribution in [2.24, 2.45) is 5.92 Å². The lowest BCUT2D eigenvalue weighted by molar-refractivity contribution is -0.126. The molecule has 1 fully saturated rings. The first kappa shape index (κ1) is 15.9. The number of nitrogens with zero attached hydrogens (tertiary/aromatic N) is 2. The number of piperidine rings is 1. The zero-order chi connectivity index (χ0) is 16.2. The van der Waals surface area contributed by atoms with Gasteiger partial charge in [0.2, 0.25) is 5.91 Å². The molecular weight excluding hydrogens is 286 g/mol. The molecule has 23 heavy (non-hydrogen) atoms. The van der Waals surface area contributed by atoms with Crippen LogP contribution in [0.5, 0.6) is 0 Å². The number of aromatic nitrogens is 1. The fourth-order valence-corrected chi connectivity index (χ4v) is 3.37. The number of pyridine rings is 1. The molecule has 1 aliphatic heterocycles. The average molecular weight is 311 g/mol. The second-order valence-corrected chi connectivity index (χ2v) is 6.45. The van der Waals surface area contributed by atoms with Crippen molar-refractivity contribution in [1.29, 1.82) is 0 Å². The van der Waals surface area contributed by atoms with Crippen LogP contribution in [0.15, 0.2) is 30.3 Å². The van der Waals surface area contributed by atoms with E-state index in [2.05, 4.69) is 45.5 Å². The Morgan fingerprint density at radius 1 is 1.35 bits per heavy atom. The second kappa shape index (κ2) is 7.09. The smallest absolute Gasteiger partial charge is 0.224 e. The molecule has 4 heteroatoms. The van der Waals surface area contributed by atoms with Gasteiger partial charge in [0, 0.05) is 30.7 Å². The summed E-state index contributed by atoms with van der Waals surface area (Å²) in [5, 5.41) is 4.14. The zero-order valence-corrected chi connectivity index (χ0v) is 14.0. The highest BCUT2D eigenvalue weighted by atomic mass is 16.1. The number of nitrogens with one attached hydrogen (secondary N) is 1. The highest BCUT2D eigenvalue weighted by molar-refractivity contribution is 5.79. The molecule has 1 N–H and O–H groups in total. The molecule has 0 radical (unpaired) electrons. The van der Waals surface area contributed by atoms with Crippen LogP contribution in [0.25, 0.3) is 10.9 Å². The van der Waals surface area contributed by atoms with Crippen molar-refractivity contribution in [1.82, 2.24) is 15.2 Å². The van der Waals surface area contributed by atoms with Gasteiger partial charge >= 0.3 is 0 Å². The van der Waals surface area contributed by atoms with E-state index in [-0.39, 0.29) is 11.8 Å². The highest BCUT2D eigenvalue weighted by Gasteiger charge is 2.25. The Morgan fingerprint density at radius 3 is 3.04 bits per heavy atom. The van der Waals surface area contributed by atoms with E-state index in [1.807, 2.05) is 13.8 Å². The Kier molecular flexibility index (Phi) is 4.91. The van der Waals surface area contributed by atoms with Gasteiger partial charge in [-0.15, -0.1) is 0 Å². The lowest BCUT2D eigenvalue weighted by Gasteiger charge is -2.32. The molecule has 1 atom stereocenters. The van der Waals surface area contributed by atoms with Gasteiger partial charge < -0.3 is 5.32 Å². The molecule has 2 aromatic rings. The van der Waals surface area contributed by atoms with Crippen molar-refractivity contribution in [2.75, 3.05) is 19.6 Å². The Morgan fingerprint density at radius 2 is 2.22 bits per heavy atom. The van der Waals surface area contributed by atoms with Gasteiger partial charge in [0.1, 0.15) is 0 Å². The predicted octanol–water partition coefficient (Wildman–Crippen LogP) is 2.89. The van der Waals surface area contributed by atoms with Crippen molar-refractivity contribution >= 4 is 16.8 Å². The number of aryl methyl sites for hydroxylation is 1. The first-order valence-corrected chi connectivity index (χ1v) is 8.52. The molecular formula is C19H25N3O. The fourth-order valence-electron chi connectivity index (χ4n) is 3.37. The van der Waals surface area contributed by atoms with Gasteiger partial charge in [-0.3, -0.25) is 14.7 Å². The summed E-state index contributed by atoms with van der Waals surface area (Å²) in [7, 11) is 0. The van der Waals surface area contributed by atoms with Crippen LogP contribution < -0.4 is 5.32 Å². The van der Waals surface area contributed by atoms with E-state index in [1.54, 1.807) is 0 Å². The molecule has 122 valence electrons. The summed E-state index contributed by atoms with van der Waals surface area (Å²) in [4.78, 5) is 19.0. The van der Waals surface area contributed by atoms with Crippen molar-refractivity contribution in [2.45, 2.75) is 33.2 Å². The summed E-state index contributed by atoms with van der Waals surface area (Å²) in [5.41, 5.74) is 3.39. The highest BCUT2D eigenvalue weighted by Crippen LogP contribution is 2.21.